The Labute approximate surface area is 126 Å². The number of hydrogen-bond donors (Lipinski definition) is 0. The Morgan fingerprint density at radius 3 is 2.43 bits per heavy atom. The molecule has 21 heavy (non-hydrogen) atoms. The smallest absolute Gasteiger partial charge is 0.0745 e. The zero-order chi connectivity index (χ0) is 15.0. The predicted molar refractivity (Wildman–Crippen MR) is 81.3 cm³/mol. The molecule has 0 atom stereocenters. The molecular weight excluding hydrogens is 286 g/mol. The minimum atomic E-state index is -1.19. The van der Waals surface area contributed by atoms with Gasteiger partial charge in [0.2, 0.25) is 0 Å². The number of carboxylic acids is 1. The van der Waals surface area contributed by atoms with Crippen LogP contribution >= 0.6 is 11.6 Å². The lowest BCUT2D eigenvalue weighted by Gasteiger charge is -2.15. The van der Waals surface area contributed by atoms with Crippen LogP contribution in [-0.4, -0.2) is 11.0 Å². The number of aromatic carboxylic acids is 1. The van der Waals surface area contributed by atoms with Gasteiger partial charge in [0.25, 0.3) is 0 Å². The zero-order valence-electron chi connectivity index (χ0n) is 11.3. The normalized spacial score (nSPS) is 10.8. The second kappa shape index (κ2) is 5.19. The molecule has 0 saturated carbocycles. The largest absolute Gasteiger partial charge is 0.545 e. The van der Waals surface area contributed by atoms with Crippen molar-refractivity contribution in [2.45, 2.75) is 6.92 Å². The molecule has 0 N–H and O–H groups in total. The van der Waals surface area contributed by atoms with Crippen molar-refractivity contribution in [3.63, 3.8) is 0 Å². The van der Waals surface area contributed by atoms with Gasteiger partial charge in [-0.2, -0.15) is 0 Å². The summed E-state index contributed by atoms with van der Waals surface area (Å²) in [4.78, 5) is 16.1. The number of pyridine rings is 1. The van der Waals surface area contributed by atoms with E-state index >= 15 is 0 Å². The summed E-state index contributed by atoms with van der Waals surface area (Å²) in [7, 11) is 0. The molecule has 1 heterocycles. The maximum Gasteiger partial charge on any atom is 0.0745 e. The van der Waals surface area contributed by atoms with Crippen molar-refractivity contribution in [1.82, 2.24) is 4.98 Å². The number of halogens is 1. The first-order chi connectivity index (χ1) is 10.1. The number of para-hydroxylation sites is 1. The fourth-order valence-electron chi connectivity index (χ4n) is 2.46. The Morgan fingerprint density at radius 1 is 1.10 bits per heavy atom. The summed E-state index contributed by atoms with van der Waals surface area (Å²) in [5.74, 6) is -1.19. The summed E-state index contributed by atoms with van der Waals surface area (Å²) in [5, 5.41) is 12.7. The van der Waals surface area contributed by atoms with E-state index in [0.717, 1.165) is 5.56 Å². The number of benzene rings is 2. The van der Waals surface area contributed by atoms with Crippen molar-refractivity contribution >= 4 is 28.5 Å². The second-order valence-electron chi connectivity index (χ2n) is 4.77. The lowest BCUT2D eigenvalue weighted by molar-refractivity contribution is -0.254. The topological polar surface area (TPSA) is 53.0 Å². The van der Waals surface area contributed by atoms with Crippen LogP contribution in [0, 0.1) is 6.92 Å². The number of nitrogens with zero attached hydrogens (tertiary/aromatic N) is 1. The second-order valence-corrected chi connectivity index (χ2v) is 5.21. The molecule has 3 aromatic rings. The first-order valence-corrected chi connectivity index (χ1v) is 6.82. The maximum absolute atomic E-state index is 11.5. The fourth-order valence-corrected chi connectivity index (χ4v) is 2.59. The summed E-state index contributed by atoms with van der Waals surface area (Å²) in [6.45, 7) is 1.74. The van der Waals surface area contributed by atoms with Crippen molar-refractivity contribution in [3.8, 4) is 11.3 Å². The summed E-state index contributed by atoms with van der Waals surface area (Å²) in [5.41, 5.74) is 2.86. The van der Waals surface area contributed by atoms with Crippen LogP contribution in [0.5, 0.6) is 0 Å². The van der Waals surface area contributed by atoms with E-state index < -0.39 is 5.97 Å². The highest BCUT2D eigenvalue weighted by molar-refractivity contribution is 6.30. The monoisotopic (exact) mass is 296 g/mol. The van der Waals surface area contributed by atoms with E-state index in [2.05, 4.69) is 4.98 Å². The highest BCUT2D eigenvalue weighted by Gasteiger charge is 2.13. The van der Waals surface area contributed by atoms with E-state index in [1.165, 1.54) is 0 Å². The molecule has 0 unspecified atom stereocenters. The highest BCUT2D eigenvalue weighted by atomic mass is 35.5. The van der Waals surface area contributed by atoms with Gasteiger partial charge < -0.3 is 9.90 Å². The third kappa shape index (κ3) is 2.36. The molecule has 0 saturated heterocycles. The average molecular weight is 297 g/mol. The molecule has 0 bridgehead atoms. The SMILES string of the molecule is Cc1c(-c2ccc(Cl)cc2)nc2ccccc2c1C(=O)[O-]. The number of fused-ring (bicyclic) bond motifs is 1. The molecule has 0 fully saturated rings. The van der Waals surface area contributed by atoms with Crippen LogP contribution in [0.3, 0.4) is 0 Å². The number of aromatic nitrogens is 1. The summed E-state index contributed by atoms with van der Waals surface area (Å²) in [6, 6.07) is 14.3. The summed E-state index contributed by atoms with van der Waals surface area (Å²) in [6.07, 6.45) is 0. The van der Waals surface area contributed by atoms with Crippen molar-refractivity contribution in [3.05, 3.63) is 64.7 Å². The van der Waals surface area contributed by atoms with E-state index in [4.69, 9.17) is 11.6 Å². The minimum absolute atomic E-state index is 0.186. The van der Waals surface area contributed by atoms with Gasteiger partial charge in [-0.25, -0.2) is 4.98 Å². The molecule has 4 heteroatoms. The minimum Gasteiger partial charge on any atom is -0.545 e. The molecule has 0 radical (unpaired) electrons. The van der Waals surface area contributed by atoms with Gasteiger partial charge in [-0.1, -0.05) is 41.9 Å². The first kappa shape index (κ1) is 13.6. The lowest BCUT2D eigenvalue weighted by atomic mass is 9.98. The van der Waals surface area contributed by atoms with Crippen LogP contribution in [0.25, 0.3) is 22.2 Å². The molecular formula is C17H11ClNO2-. The van der Waals surface area contributed by atoms with Crippen LogP contribution in [0.2, 0.25) is 5.02 Å². The third-order valence-corrected chi connectivity index (χ3v) is 3.71. The maximum atomic E-state index is 11.5. The van der Waals surface area contributed by atoms with Gasteiger partial charge in [-0.3, -0.25) is 0 Å². The zero-order valence-corrected chi connectivity index (χ0v) is 12.0. The van der Waals surface area contributed by atoms with E-state index in [1.54, 1.807) is 37.3 Å². The van der Waals surface area contributed by atoms with Crippen LogP contribution in [0.1, 0.15) is 15.9 Å². The Balaban J connectivity index is 2.36. The summed E-state index contributed by atoms with van der Waals surface area (Å²) >= 11 is 5.89. The molecule has 1 aromatic heterocycles. The highest BCUT2D eigenvalue weighted by Crippen LogP contribution is 2.29. The van der Waals surface area contributed by atoms with Crippen LogP contribution in [0.4, 0.5) is 0 Å². The molecule has 0 aliphatic heterocycles. The number of carbonyl (C=O) groups is 1. The van der Waals surface area contributed by atoms with Crippen LogP contribution < -0.4 is 5.11 Å². The third-order valence-electron chi connectivity index (χ3n) is 3.46. The number of carbonyl (C=O) groups excluding carboxylic acids is 1. The van der Waals surface area contributed by atoms with Gasteiger partial charge in [0.1, 0.15) is 0 Å². The van der Waals surface area contributed by atoms with Gasteiger partial charge >= 0.3 is 0 Å². The molecule has 3 nitrogen and oxygen atoms in total. The van der Waals surface area contributed by atoms with E-state index in [-0.39, 0.29) is 5.56 Å². The number of hydrogen-bond acceptors (Lipinski definition) is 3. The van der Waals surface area contributed by atoms with Crippen molar-refractivity contribution in [2.24, 2.45) is 0 Å². The standard InChI is InChI=1S/C17H12ClNO2/c1-10-15(17(20)21)13-4-2-3-5-14(13)19-16(10)11-6-8-12(18)9-7-11/h2-9H,1H3,(H,20,21)/p-1. The van der Waals surface area contributed by atoms with Gasteiger partial charge in [-0.05, 0) is 30.7 Å². The Kier molecular flexibility index (Phi) is 3.35. The van der Waals surface area contributed by atoms with Crippen molar-refractivity contribution in [1.29, 1.82) is 0 Å². The van der Waals surface area contributed by atoms with Gasteiger partial charge in [-0.15, -0.1) is 0 Å². The van der Waals surface area contributed by atoms with Crippen LogP contribution in [0.15, 0.2) is 48.5 Å². The lowest BCUT2D eigenvalue weighted by Crippen LogP contribution is -2.24. The van der Waals surface area contributed by atoms with Crippen LogP contribution in [-0.2, 0) is 0 Å². The number of carboxylic acid groups (broad SMARTS) is 1. The average Bonchev–Trinajstić information content (AvgIpc) is 2.47. The molecule has 0 aliphatic carbocycles. The molecule has 2 aromatic carbocycles. The van der Waals surface area contributed by atoms with Gasteiger partial charge in [0.05, 0.1) is 17.2 Å². The van der Waals surface area contributed by atoms with E-state index in [1.807, 2.05) is 18.2 Å². The summed E-state index contributed by atoms with van der Waals surface area (Å²) < 4.78 is 0. The molecule has 0 aliphatic rings. The first-order valence-electron chi connectivity index (χ1n) is 6.44. The molecule has 3 rings (SSSR count). The predicted octanol–water partition coefficient (Wildman–Crippen LogP) is 3.23. The van der Waals surface area contributed by atoms with E-state index in [0.29, 0.717) is 27.2 Å². The van der Waals surface area contributed by atoms with E-state index in [9.17, 15) is 9.90 Å². The Morgan fingerprint density at radius 2 is 1.76 bits per heavy atom. The molecule has 0 amide bonds. The Bertz CT molecular complexity index is 841. The van der Waals surface area contributed by atoms with Gasteiger partial charge in [0.15, 0.2) is 0 Å². The van der Waals surface area contributed by atoms with Crippen molar-refractivity contribution in [2.75, 3.05) is 0 Å². The molecule has 0 spiro atoms. The van der Waals surface area contributed by atoms with Gasteiger partial charge in [0, 0.05) is 21.5 Å². The van der Waals surface area contributed by atoms with Crippen molar-refractivity contribution < 1.29 is 9.90 Å². The Hall–Kier alpha value is -2.39. The fraction of sp³-hybridized carbons (Fsp3) is 0.0588. The number of rotatable bonds is 2. The molecule has 104 valence electrons. The quantitative estimate of drug-likeness (QED) is 0.729.